The molecule has 0 amide bonds. The number of nitrogens with one attached hydrogen (secondary N) is 2. The standard InChI is InChI=1S/C25H21N5O/c1-16-12-21(8-10-26-16)28-19-5-3-4-18(14-19)25-30-23-7-6-20(15-24(23)31-25)29-22-9-11-27-17(2)13-22/h3-15H,1-2H3,(H,26,28)(H,27,29). The van der Waals surface area contributed by atoms with E-state index in [0.29, 0.717) is 5.89 Å². The van der Waals surface area contributed by atoms with Gasteiger partial charge in [-0.05, 0) is 68.4 Å². The summed E-state index contributed by atoms with van der Waals surface area (Å²) in [6.45, 7) is 3.94. The summed E-state index contributed by atoms with van der Waals surface area (Å²) in [6.07, 6.45) is 3.58. The highest BCUT2D eigenvalue weighted by Gasteiger charge is 2.10. The topological polar surface area (TPSA) is 75.9 Å². The zero-order chi connectivity index (χ0) is 21.2. The molecular formula is C25H21N5O. The third-order valence-corrected chi connectivity index (χ3v) is 4.87. The summed E-state index contributed by atoms with van der Waals surface area (Å²) >= 11 is 0. The van der Waals surface area contributed by atoms with Crippen molar-refractivity contribution in [3.63, 3.8) is 0 Å². The number of fused-ring (bicyclic) bond motifs is 1. The van der Waals surface area contributed by atoms with Crippen LogP contribution in [0.15, 0.2) is 83.5 Å². The molecule has 0 fully saturated rings. The summed E-state index contributed by atoms with van der Waals surface area (Å²) in [5.41, 5.74) is 8.25. The van der Waals surface area contributed by atoms with Gasteiger partial charge in [0.25, 0.3) is 0 Å². The number of anilines is 4. The number of benzene rings is 2. The molecule has 3 heterocycles. The van der Waals surface area contributed by atoms with Crippen LogP contribution in [0.3, 0.4) is 0 Å². The van der Waals surface area contributed by atoms with E-state index in [-0.39, 0.29) is 0 Å². The third-order valence-electron chi connectivity index (χ3n) is 4.87. The molecule has 0 aliphatic rings. The van der Waals surface area contributed by atoms with E-state index in [4.69, 9.17) is 4.42 Å². The second kappa shape index (κ2) is 7.91. The maximum Gasteiger partial charge on any atom is 0.227 e. The predicted molar refractivity (Wildman–Crippen MR) is 124 cm³/mol. The lowest BCUT2D eigenvalue weighted by atomic mass is 10.2. The van der Waals surface area contributed by atoms with Crippen LogP contribution in [0, 0.1) is 13.8 Å². The first-order chi connectivity index (χ1) is 15.1. The van der Waals surface area contributed by atoms with Gasteiger partial charge in [-0.25, -0.2) is 4.98 Å². The first-order valence-corrected chi connectivity index (χ1v) is 10.0. The number of pyridine rings is 2. The molecule has 3 aromatic heterocycles. The maximum absolute atomic E-state index is 6.08. The van der Waals surface area contributed by atoms with Crippen molar-refractivity contribution in [3.05, 3.63) is 90.5 Å². The van der Waals surface area contributed by atoms with Crippen LogP contribution in [0.4, 0.5) is 22.7 Å². The molecule has 0 atom stereocenters. The quantitative estimate of drug-likeness (QED) is 0.352. The Morgan fingerprint density at radius 3 is 2.00 bits per heavy atom. The van der Waals surface area contributed by atoms with Crippen LogP contribution in [0.25, 0.3) is 22.6 Å². The Hall–Kier alpha value is -4.19. The first kappa shape index (κ1) is 18.8. The van der Waals surface area contributed by atoms with Crippen molar-refractivity contribution in [1.29, 1.82) is 0 Å². The summed E-state index contributed by atoms with van der Waals surface area (Å²) in [7, 11) is 0. The molecule has 0 aliphatic heterocycles. The summed E-state index contributed by atoms with van der Waals surface area (Å²) in [5.74, 6) is 0.585. The molecular weight excluding hydrogens is 386 g/mol. The van der Waals surface area contributed by atoms with Crippen molar-refractivity contribution < 1.29 is 4.42 Å². The van der Waals surface area contributed by atoms with Crippen LogP contribution >= 0.6 is 0 Å². The molecule has 5 rings (SSSR count). The first-order valence-electron chi connectivity index (χ1n) is 10.0. The van der Waals surface area contributed by atoms with Gasteiger partial charge in [0.2, 0.25) is 5.89 Å². The van der Waals surface area contributed by atoms with Crippen LogP contribution in [0.2, 0.25) is 0 Å². The second-order valence-corrected chi connectivity index (χ2v) is 7.40. The SMILES string of the molecule is Cc1cc(Nc2cccc(-c3nc4ccc(Nc5ccnc(C)c5)cc4o3)c2)ccn1. The van der Waals surface area contributed by atoms with E-state index in [1.54, 1.807) is 12.4 Å². The minimum atomic E-state index is 0.585. The van der Waals surface area contributed by atoms with Gasteiger partial charge in [-0.3, -0.25) is 9.97 Å². The highest BCUT2D eigenvalue weighted by Crippen LogP contribution is 2.29. The zero-order valence-electron chi connectivity index (χ0n) is 17.3. The van der Waals surface area contributed by atoms with E-state index in [9.17, 15) is 0 Å². The van der Waals surface area contributed by atoms with Crippen molar-refractivity contribution in [1.82, 2.24) is 15.0 Å². The maximum atomic E-state index is 6.08. The van der Waals surface area contributed by atoms with Crippen molar-refractivity contribution in [2.75, 3.05) is 10.6 Å². The lowest BCUT2D eigenvalue weighted by Gasteiger charge is -2.07. The fourth-order valence-electron chi connectivity index (χ4n) is 3.44. The van der Waals surface area contributed by atoms with E-state index in [0.717, 1.165) is 50.8 Å². The zero-order valence-corrected chi connectivity index (χ0v) is 17.3. The van der Waals surface area contributed by atoms with Crippen molar-refractivity contribution in [3.8, 4) is 11.5 Å². The Morgan fingerprint density at radius 2 is 1.32 bits per heavy atom. The van der Waals surface area contributed by atoms with E-state index in [2.05, 4.69) is 25.6 Å². The summed E-state index contributed by atoms with van der Waals surface area (Å²) in [4.78, 5) is 13.1. The highest BCUT2D eigenvalue weighted by atomic mass is 16.3. The van der Waals surface area contributed by atoms with Crippen molar-refractivity contribution in [2.45, 2.75) is 13.8 Å². The summed E-state index contributed by atoms with van der Waals surface area (Å²) in [5, 5.41) is 6.79. The number of hydrogen-bond donors (Lipinski definition) is 2. The van der Waals surface area contributed by atoms with Crippen LogP contribution in [0.5, 0.6) is 0 Å². The van der Waals surface area contributed by atoms with Gasteiger partial charge in [0.15, 0.2) is 5.58 Å². The monoisotopic (exact) mass is 407 g/mol. The molecule has 31 heavy (non-hydrogen) atoms. The summed E-state index contributed by atoms with van der Waals surface area (Å²) in [6, 6.07) is 21.8. The van der Waals surface area contributed by atoms with Gasteiger partial charge in [-0.2, -0.15) is 0 Å². The van der Waals surface area contributed by atoms with Gasteiger partial charge < -0.3 is 15.1 Å². The van der Waals surface area contributed by atoms with E-state index in [1.165, 1.54) is 0 Å². The Bertz CT molecular complexity index is 1380. The Balaban J connectivity index is 1.41. The van der Waals surface area contributed by atoms with Gasteiger partial charge in [-0.15, -0.1) is 0 Å². The number of oxazole rings is 1. The van der Waals surface area contributed by atoms with Gasteiger partial charge in [-0.1, -0.05) is 6.07 Å². The van der Waals surface area contributed by atoms with Crippen LogP contribution in [-0.2, 0) is 0 Å². The van der Waals surface area contributed by atoms with Crippen LogP contribution in [-0.4, -0.2) is 15.0 Å². The fraction of sp³-hybridized carbons (Fsp3) is 0.0800. The molecule has 0 saturated heterocycles. The number of nitrogens with zero attached hydrogens (tertiary/aromatic N) is 3. The Labute approximate surface area is 180 Å². The molecule has 6 nitrogen and oxygen atoms in total. The van der Waals surface area contributed by atoms with E-state index >= 15 is 0 Å². The lowest BCUT2D eigenvalue weighted by Crippen LogP contribution is -1.92. The van der Waals surface area contributed by atoms with Gasteiger partial charge >= 0.3 is 0 Å². The lowest BCUT2D eigenvalue weighted by molar-refractivity contribution is 0.620. The molecule has 2 N–H and O–H groups in total. The molecule has 0 radical (unpaired) electrons. The van der Waals surface area contributed by atoms with Gasteiger partial charge in [0.05, 0.1) is 0 Å². The molecule has 6 heteroatoms. The fourth-order valence-corrected chi connectivity index (χ4v) is 3.44. The predicted octanol–water partition coefficient (Wildman–Crippen LogP) is 6.39. The van der Waals surface area contributed by atoms with E-state index in [1.807, 2.05) is 80.6 Å². The number of hydrogen-bond acceptors (Lipinski definition) is 6. The molecule has 0 saturated carbocycles. The van der Waals surface area contributed by atoms with Crippen molar-refractivity contribution in [2.24, 2.45) is 0 Å². The van der Waals surface area contributed by atoms with Crippen LogP contribution < -0.4 is 10.6 Å². The van der Waals surface area contributed by atoms with Gasteiger partial charge in [0, 0.05) is 58.2 Å². The smallest absolute Gasteiger partial charge is 0.227 e. The number of rotatable bonds is 5. The Morgan fingerprint density at radius 1 is 0.677 bits per heavy atom. The molecule has 0 unspecified atom stereocenters. The molecule has 5 aromatic rings. The number of aryl methyl sites for hydroxylation is 2. The molecule has 0 bridgehead atoms. The van der Waals surface area contributed by atoms with Crippen LogP contribution in [0.1, 0.15) is 11.4 Å². The molecule has 152 valence electrons. The average Bonchev–Trinajstić information content (AvgIpc) is 3.18. The highest BCUT2D eigenvalue weighted by molar-refractivity contribution is 5.81. The average molecular weight is 407 g/mol. The normalized spacial score (nSPS) is 10.9. The minimum Gasteiger partial charge on any atom is -0.436 e. The van der Waals surface area contributed by atoms with Crippen molar-refractivity contribution >= 4 is 33.8 Å². The largest absolute Gasteiger partial charge is 0.436 e. The minimum absolute atomic E-state index is 0.585. The third kappa shape index (κ3) is 4.23. The molecule has 2 aromatic carbocycles. The Kier molecular flexibility index (Phi) is 4.80. The molecule has 0 aliphatic carbocycles. The molecule has 0 spiro atoms. The summed E-state index contributed by atoms with van der Waals surface area (Å²) < 4.78 is 6.08. The van der Waals surface area contributed by atoms with E-state index < -0.39 is 0 Å². The van der Waals surface area contributed by atoms with Gasteiger partial charge in [0.1, 0.15) is 5.52 Å². The second-order valence-electron chi connectivity index (χ2n) is 7.40. The number of aromatic nitrogens is 3.